The van der Waals surface area contributed by atoms with Crippen LogP contribution in [0, 0.1) is 0 Å². The summed E-state index contributed by atoms with van der Waals surface area (Å²) in [5, 5.41) is 5.13. The zero-order chi connectivity index (χ0) is 14.5. The Morgan fingerprint density at radius 3 is 2.90 bits per heavy atom. The first kappa shape index (κ1) is 14.7. The van der Waals surface area contributed by atoms with Gasteiger partial charge < -0.3 is 4.74 Å². The highest BCUT2D eigenvalue weighted by atomic mass is 32.2. The molecule has 7 heteroatoms. The normalized spacial score (nSPS) is 15.0. The molecule has 1 aliphatic rings. The number of thioether (sulfide) groups is 2. The molecular weight excluding hydrogens is 324 g/mol. The van der Waals surface area contributed by atoms with Crippen molar-refractivity contribution in [3.8, 4) is 5.75 Å². The standard InChI is InChI=1S/C14H14N2O2S3/c17-12(16-14-15-5-6-21-14)9-18-11-4-2-1-3-10(11)13-19-7-8-20-13/h1-6,13H,7-9H2,(H,15,16,17). The Morgan fingerprint density at radius 1 is 1.33 bits per heavy atom. The summed E-state index contributed by atoms with van der Waals surface area (Å²) in [4.78, 5) is 15.9. The van der Waals surface area contributed by atoms with Gasteiger partial charge in [-0.15, -0.1) is 34.9 Å². The molecule has 1 N–H and O–H groups in total. The van der Waals surface area contributed by atoms with Crippen LogP contribution >= 0.6 is 34.9 Å². The average Bonchev–Trinajstić information content (AvgIpc) is 3.18. The summed E-state index contributed by atoms with van der Waals surface area (Å²) in [5.74, 6) is 2.92. The molecule has 4 nitrogen and oxygen atoms in total. The number of benzene rings is 1. The first-order valence-corrected chi connectivity index (χ1v) is 9.45. The number of aromatic nitrogens is 1. The lowest BCUT2D eigenvalue weighted by atomic mass is 10.2. The predicted molar refractivity (Wildman–Crippen MR) is 90.3 cm³/mol. The molecule has 0 aliphatic carbocycles. The third-order valence-electron chi connectivity index (χ3n) is 2.83. The number of hydrogen-bond acceptors (Lipinski definition) is 6. The lowest BCUT2D eigenvalue weighted by Crippen LogP contribution is -2.20. The van der Waals surface area contributed by atoms with Crippen molar-refractivity contribution in [2.45, 2.75) is 4.58 Å². The molecule has 1 aromatic carbocycles. The van der Waals surface area contributed by atoms with Crippen LogP contribution in [0.4, 0.5) is 5.13 Å². The van der Waals surface area contributed by atoms with Gasteiger partial charge in [-0.2, -0.15) is 0 Å². The predicted octanol–water partition coefficient (Wildman–Crippen LogP) is 3.64. The van der Waals surface area contributed by atoms with Gasteiger partial charge in [0.15, 0.2) is 11.7 Å². The number of carbonyl (C=O) groups excluding carboxylic acids is 1. The molecule has 0 spiro atoms. The SMILES string of the molecule is O=C(COc1ccccc1C1SCCS1)Nc1nccs1. The third kappa shape index (κ3) is 3.93. The van der Waals surface area contributed by atoms with E-state index < -0.39 is 0 Å². The number of para-hydroxylation sites is 1. The fraction of sp³-hybridized carbons (Fsp3) is 0.286. The van der Waals surface area contributed by atoms with E-state index in [0.29, 0.717) is 9.71 Å². The van der Waals surface area contributed by atoms with Crippen molar-refractivity contribution in [2.75, 3.05) is 23.4 Å². The summed E-state index contributed by atoms with van der Waals surface area (Å²) in [6.07, 6.45) is 1.66. The van der Waals surface area contributed by atoms with E-state index in [1.807, 2.05) is 47.1 Å². The average molecular weight is 338 g/mol. The van der Waals surface area contributed by atoms with Gasteiger partial charge in [0.25, 0.3) is 5.91 Å². The molecule has 2 aromatic rings. The first-order valence-electron chi connectivity index (χ1n) is 6.47. The Morgan fingerprint density at radius 2 is 2.14 bits per heavy atom. The second-order valence-corrected chi connectivity index (χ2v) is 7.90. The molecule has 0 radical (unpaired) electrons. The number of carbonyl (C=O) groups is 1. The van der Waals surface area contributed by atoms with Gasteiger partial charge in [0, 0.05) is 28.6 Å². The lowest BCUT2D eigenvalue weighted by molar-refractivity contribution is -0.118. The Hall–Kier alpha value is -1.18. The second-order valence-electron chi connectivity index (χ2n) is 4.29. The molecule has 1 aliphatic heterocycles. The molecule has 1 saturated heterocycles. The minimum Gasteiger partial charge on any atom is -0.483 e. The van der Waals surface area contributed by atoms with Crippen LogP contribution < -0.4 is 10.1 Å². The molecule has 1 amide bonds. The van der Waals surface area contributed by atoms with Crippen LogP contribution in [0.25, 0.3) is 0 Å². The molecule has 2 heterocycles. The molecule has 0 saturated carbocycles. The van der Waals surface area contributed by atoms with Crippen LogP contribution in [0.2, 0.25) is 0 Å². The van der Waals surface area contributed by atoms with Gasteiger partial charge in [-0.25, -0.2) is 4.98 Å². The van der Waals surface area contributed by atoms with Crippen LogP contribution in [0.15, 0.2) is 35.8 Å². The molecule has 0 atom stereocenters. The van der Waals surface area contributed by atoms with E-state index in [0.717, 1.165) is 22.8 Å². The largest absolute Gasteiger partial charge is 0.483 e. The summed E-state index contributed by atoms with van der Waals surface area (Å²) in [7, 11) is 0. The van der Waals surface area contributed by atoms with E-state index >= 15 is 0 Å². The fourth-order valence-electron chi connectivity index (χ4n) is 1.93. The molecule has 1 aromatic heterocycles. The minimum atomic E-state index is -0.188. The van der Waals surface area contributed by atoms with Crippen LogP contribution in [-0.2, 0) is 4.79 Å². The number of ether oxygens (including phenoxy) is 1. The van der Waals surface area contributed by atoms with E-state index in [4.69, 9.17) is 4.74 Å². The van der Waals surface area contributed by atoms with E-state index in [2.05, 4.69) is 16.4 Å². The quantitative estimate of drug-likeness (QED) is 0.902. The number of thiazole rings is 1. The summed E-state index contributed by atoms with van der Waals surface area (Å²) >= 11 is 5.23. The van der Waals surface area contributed by atoms with Crippen molar-refractivity contribution < 1.29 is 9.53 Å². The Labute approximate surface area is 135 Å². The van der Waals surface area contributed by atoms with Crippen LogP contribution in [-0.4, -0.2) is 29.0 Å². The van der Waals surface area contributed by atoms with Gasteiger partial charge in [-0.1, -0.05) is 18.2 Å². The van der Waals surface area contributed by atoms with Crippen molar-refractivity contribution in [1.82, 2.24) is 4.98 Å². The number of nitrogens with one attached hydrogen (secondary N) is 1. The minimum absolute atomic E-state index is 0.00134. The maximum atomic E-state index is 11.8. The third-order valence-corrected chi connectivity index (χ3v) is 6.59. The summed E-state index contributed by atoms with van der Waals surface area (Å²) < 4.78 is 6.10. The Balaban J connectivity index is 1.61. The maximum Gasteiger partial charge on any atom is 0.264 e. The maximum absolute atomic E-state index is 11.8. The summed E-state index contributed by atoms with van der Waals surface area (Å²) in [6.45, 7) is -0.00134. The molecule has 110 valence electrons. The van der Waals surface area contributed by atoms with E-state index in [1.54, 1.807) is 6.20 Å². The lowest BCUT2D eigenvalue weighted by Gasteiger charge is -2.14. The zero-order valence-corrected chi connectivity index (χ0v) is 13.6. The van der Waals surface area contributed by atoms with Gasteiger partial charge >= 0.3 is 0 Å². The van der Waals surface area contributed by atoms with Gasteiger partial charge in [-0.3, -0.25) is 10.1 Å². The number of nitrogens with zero attached hydrogens (tertiary/aromatic N) is 1. The highest BCUT2D eigenvalue weighted by molar-refractivity contribution is 8.19. The summed E-state index contributed by atoms with van der Waals surface area (Å²) in [6, 6.07) is 7.94. The van der Waals surface area contributed by atoms with Crippen LogP contribution in [0.1, 0.15) is 10.1 Å². The number of hydrogen-bond donors (Lipinski definition) is 1. The smallest absolute Gasteiger partial charge is 0.264 e. The topological polar surface area (TPSA) is 51.2 Å². The number of anilines is 1. The summed E-state index contributed by atoms with van der Waals surface area (Å²) in [5.41, 5.74) is 1.16. The van der Waals surface area contributed by atoms with E-state index in [9.17, 15) is 4.79 Å². The van der Waals surface area contributed by atoms with Crippen molar-refractivity contribution in [1.29, 1.82) is 0 Å². The van der Waals surface area contributed by atoms with Gasteiger partial charge in [-0.05, 0) is 6.07 Å². The van der Waals surface area contributed by atoms with Crippen molar-refractivity contribution in [3.05, 3.63) is 41.4 Å². The van der Waals surface area contributed by atoms with Gasteiger partial charge in [0.1, 0.15) is 5.75 Å². The fourth-order valence-corrected chi connectivity index (χ4v) is 5.38. The molecule has 1 fully saturated rings. The molecule has 3 rings (SSSR count). The van der Waals surface area contributed by atoms with Crippen LogP contribution in [0.3, 0.4) is 0 Å². The van der Waals surface area contributed by atoms with E-state index in [-0.39, 0.29) is 12.5 Å². The monoisotopic (exact) mass is 338 g/mol. The van der Waals surface area contributed by atoms with Crippen LogP contribution in [0.5, 0.6) is 5.75 Å². The zero-order valence-electron chi connectivity index (χ0n) is 11.2. The molecular formula is C14H14N2O2S3. The molecule has 0 bridgehead atoms. The van der Waals surface area contributed by atoms with Gasteiger partial charge in [0.05, 0.1) is 4.58 Å². The molecule has 21 heavy (non-hydrogen) atoms. The number of rotatable bonds is 5. The van der Waals surface area contributed by atoms with Crippen molar-refractivity contribution in [2.24, 2.45) is 0 Å². The van der Waals surface area contributed by atoms with E-state index in [1.165, 1.54) is 11.3 Å². The second kappa shape index (κ2) is 7.20. The van der Waals surface area contributed by atoms with Crippen molar-refractivity contribution >= 4 is 45.9 Å². The highest BCUT2D eigenvalue weighted by Gasteiger charge is 2.21. The molecule has 0 unspecified atom stereocenters. The Kier molecular flexibility index (Phi) is 5.05. The Bertz CT molecular complexity index is 598. The van der Waals surface area contributed by atoms with Gasteiger partial charge in [0.2, 0.25) is 0 Å². The first-order chi connectivity index (χ1) is 10.3. The van der Waals surface area contributed by atoms with Crippen molar-refractivity contribution in [3.63, 3.8) is 0 Å². The number of amides is 1. The highest BCUT2D eigenvalue weighted by Crippen LogP contribution is 2.48.